The lowest BCUT2D eigenvalue weighted by molar-refractivity contribution is 0.0668. The monoisotopic (exact) mass is 271 g/mol. The molecule has 0 bridgehead atoms. The number of aliphatic hydroxyl groups is 1. The fourth-order valence-corrected chi connectivity index (χ4v) is 2.02. The third-order valence-electron chi connectivity index (χ3n) is 3.46. The number of benzene rings is 2. The highest BCUT2D eigenvalue weighted by Crippen LogP contribution is 2.27. The largest absolute Gasteiger partial charge is 0.457 e. The highest BCUT2D eigenvalue weighted by atomic mass is 16.5. The van der Waals surface area contributed by atoms with Crippen LogP contribution in [0.25, 0.3) is 0 Å². The van der Waals surface area contributed by atoms with Gasteiger partial charge in [-0.3, -0.25) is 0 Å². The number of rotatable bonds is 5. The topological polar surface area (TPSA) is 55.5 Å². The molecule has 0 saturated heterocycles. The van der Waals surface area contributed by atoms with Gasteiger partial charge in [-0.2, -0.15) is 0 Å². The molecule has 0 spiro atoms. The molecule has 0 radical (unpaired) electrons. The van der Waals surface area contributed by atoms with E-state index >= 15 is 0 Å². The van der Waals surface area contributed by atoms with Gasteiger partial charge in [0.05, 0.1) is 5.60 Å². The van der Waals surface area contributed by atoms with Gasteiger partial charge in [0.1, 0.15) is 11.5 Å². The Hall–Kier alpha value is -1.84. The summed E-state index contributed by atoms with van der Waals surface area (Å²) in [6.45, 7) is 3.99. The maximum Gasteiger partial charge on any atom is 0.130 e. The maximum absolute atomic E-state index is 10.1. The van der Waals surface area contributed by atoms with Gasteiger partial charge in [0.25, 0.3) is 0 Å². The van der Waals surface area contributed by atoms with Crippen molar-refractivity contribution in [1.29, 1.82) is 0 Å². The SMILES string of the molecule is CCc1ccccc1Oc1ccc(C(C)(O)CN)cc1. The fraction of sp³-hybridized carbons (Fsp3) is 0.294. The highest BCUT2D eigenvalue weighted by Gasteiger charge is 2.20. The molecule has 1 unspecified atom stereocenters. The van der Waals surface area contributed by atoms with Gasteiger partial charge in [-0.25, -0.2) is 0 Å². The van der Waals surface area contributed by atoms with E-state index in [2.05, 4.69) is 13.0 Å². The van der Waals surface area contributed by atoms with Crippen molar-refractivity contribution in [3.63, 3.8) is 0 Å². The Kier molecular flexibility index (Phi) is 4.42. The van der Waals surface area contributed by atoms with Crippen molar-refractivity contribution in [1.82, 2.24) is 0 Å². The van der Waals surface area contributed by atoms with Crippen LogP contribution in [0.3, 0.4) is 0 Å². The first-order valence-electron chi connectivity index (χ1n) is 6.85. The van der Waals surface area contributed by atoms with Crippen LogP contribution in [0.5, 0.6) is 11.5 Å². The van der Waals surface area contributed by atoms with Crippen LogP contribution in [0.1, 0.15) is 25.0 Å². The normalized spacial score (nSPS) is 13.8. The van der Waals surface area contributed by atoms with Crippen LogP contribution >= 0.6 is 0 Å². The molecule has 3 heteroatoms. The van der Waals surface area contributed by atoms with E-state index in [1.54, 1.807) is 6.92 Å². The van der Waals surface area contributed by atoms with Crippen molar-refractivity contribution in [2.24, 2.45) is 5.73 Å². The van der Waals surface area contributed by atoms with E-state index in [1.165, 1.54) is 5.56 Å². The fourth-order valence-electron chi connectivity index (χ4n) is 2.02. The van der Waals surface area contributed by atoms with Crippen molar-refractivity contribution in [3.05, 3.63) is 59.7 Å². The van der Waals surface area contributed by atoms with Crippen LogP contribution in [0, 0.1) is 0 Å². The van der Waals surface area contributed by atoms with Crippen molar-refractivity contribution in [3.8, 4) is 11.5 Å². The minimum Gasteiger partial charge on any atom is -0.457 e. The zero-order chi connectivity index (χ0) is 14.6. The lowest BCUT2D eigenvalue weighted by atomic mass is 9.96. The molecule has 0 aliphatic carbocycles. The third-order valence-corrected chi connectivity index (χ3v) is 3.46. The Morgan fingerprint density at radius 1 is 1.10 bits per heavy atom. The summed E-state index contributed by atoms with van der Waals surface area (Å²) >= 11 is 0. The molecule has 0 heterocycles. The minimum absolute atomic E-state index is 0.186. The average molecular weight is 271 g/mol. The van der Waals surface area contributed by atoms with E-state index in [0.29, 0.717) is 0 Å². The second kappa shape index (κ2) is 6.07. The van der Waals surface area contributed by atoms with Crippen molar-refractivity contribution in [2.75, 3.05) is 6.54 Å². The van der Waals surface area contributed by atoms with Gasteiger partial charge < -0.3 is 15.6 Å². The number of nitrogens with two attached hydrogens (primary N) is 1. The second-order valence-electron chi connectivity index (χ2n) is 5.07. The summed E-state index contributed by atoms with van der Waals surface area (Å²) in [4.78, 5) is 0. The lowest BCUT2D eigenvalue weighted by Crippen LogP contribution is -2.31. The van der Waals surface area contributed by atoms with Crippen molar-refractivity contribution in [2.45, 2.75) is 25.9 Å². The first-order chi connectivity index (χ1) is 9.56. The summed E-state index contributed by atoms with van der Waals surface area (Å²) in [5, 5.41) is 10.1. The van der Waals surface area contributed by atoms with Crippen LogP contribution in [0.4, 0.5) is 0 Å². The molecule has 0 saturated carbocycles. The molecular formula is C17H21NO2. The van der Waals surface area contributed by atoms with E-state index in [-0.39, 0.29) is 6.54 Å². The number of aryl methyl sites for hydroxylation is 1. The summed E-state index contributed by atoms with van der Waals surface area (Å²) in [7, 11) is 0. The van der Waals surface area contributed by atoms with Gasteiger partial charge in [0.15, 0.2) is 0 Å². The van der Waals surface area contributed by atoms with E-state index in [1.807, 2.05) is 42.5 Å². The second-order valence-corrected chi connectivity index (χ2v) is 5.07. The first-order valence-corrected chi connectivity index (χ1v) is 6.85. The Balaban J connectivity index is 2.19. The standard InChI is InChI=1S/C17H21NO2/c1-3-13-6-4-5-7-16(13)20-15-10-8-14(9-11-15)17(2,19)12-18/h4-11,19H,3,12,18H2,1-2H3. The highest BCUT2D eigenvalue weighted by molar-refractivity contribution is 5.39. The number of para-hydroxylation sites is 1. The quantitative estimate of drug-likeness (QED) is 0.878. The minimum atomic E-state index is -1.00. The van der Waals surface area contributed by atoms with Crippen LogP contribution in [-0.2, 0) is 12.0 Å². The molecule has 0 aliphatic rings. The number of hydrogen-bond donors (Lipinski definition) is 2. The number of ether oxygens (including phenoxy) is 1. The van der Waals surface area contributed by atoms with Gasteiger partial charge in [-0.15, -0.1) is 0 Å². The average Bonchev–Trinajstić information content (AvgIpc) is 2.48. The van der Waals surface area contributed by atoms with Crippen LogP contribution in [0.15, 0.2) is 48.5 Å². The van der Waals surface area contributed by atoms with Gasteiger partial charge in [-0.05, 0) is 42.7 Å². The zero-order valence-corrected chi connectivity index (χ0v) is 12.0. The summed E-state index contributed by atoms with van der Waals surface area (Å²) in [5.41, 5.74) is 6.52. The molecule has 2 aromatic carbocycles. The van der Waals surface area contributed by atoms with E-state index in [0.717, 1.165) is 23.5 Å². The molecule has 3 nitrogen and oxygen atoms in total. The van der Waals surface area contributed by atoms with Crippen molar-refractivity contribution >= 4 is 0 Å². The Labute approximate surface area is 120 Å². The van der Waals surface area contributed by atoms with Gasteiger partial charge >= 0.3 is 0 Å². The summed E-state index contributed by atoms with van der Waals surface area (Å²) in [5.74, 6) is 1.62. The Morgan fingerprint density at radius 2 is 1.75 bits per heavy atom. The molecule has 106 valence electrons. The maximum atomic E-state index is 10.1. The molecule has 0 fully saturated rings. The molecular weight excluding hydrogens is 250 g/mol. The van der Waals surface area contributed by atoms with Crippen LogP contribution < -0.4 is 10.5 Å². The smallest absolute Gasteiger partial charge is 0.130 e. The molecule has 20 heavy (non-hydrogen) atoms. The van der Waals surface area contributed by atoms with Crippen LogP contribution in [0.2, 0.25) is 0 Å². The van der Waals surface area contributed by atoms with Gasteiger partial charge in [0, 0.05) is 6.54 Å². The molecule has 2 aromatic rings. The molecule has 0 aliphatic heterocycles. The van der Waals surface area contributed by atoms with E-state index < -0.39 is 5.60 Å². The van der Waals surface area contributed by atoms with Crippen molar-refractivity contribution < 1.29 is 9.84 Å². The lowest BCUT2D eigenvalue weighted by Gasteiger charge is -2.21. The van der Waals surface area contributed by atoms with Gasteiger partial charge in [-0.1, -0.05) is 37.3 Å². The van der Waals surface area contributed by atoms with E-state index in [9.17, 15) is 5.11 Å². The summed E-state index contributed by atoms with van der Waals surface area (Å²) < 4.78 is 5.89. The molecule has 1 atom stereocenters. The Bertz CT molecular complexity index is 561. The molecule has 3 N–H and O–H groups in total. The Morgan fingerprint density at radius 3 is 2.35 bits per heavy atom. The predicted octanol–water partition coefficient (Wildman–Crippen LogP) is 3.21. The van der Waals surface area contributed by atoms with E-state index in [4.69, 9.17) is 10.5 Å². The molecule has 0 amide bonds. The van der Waals surface area contributed by atoms with Crippen LogP contribution in [-0.4, -0.2) is 11.7 Å². The zero-order valence-electron chi connectivity index (χ0n) is 12.0. The predicted molar refractivity (Wildman–Crippen MR) is 81.0 cm³/mol. The first kappa shape index (κ1) is 14.6. The summed E-state index contributed by atoms with van der Waals surface area (Å²) in [6, 6.07) is 15.4. The number of hydrogen-bond acceptors (Lipinski definition) is 3. The summed E-state index contributed by atoms with van der Waals surface area (Å²) in [6.07, 6.45) is 0.927. The third kappa shape index (κ3) is 3.18. The van der Waals surface area contributed by atoms with Gasteiger partial charge in [0.2, 0.25) is 0 Å². The molecule has 2 rings (SSSR count). The molecule has 0 aromatic heterocycles.